The van der Waals surface area contributed by atoms with Gasteiger partial charge in [0.25, 0.3) is 0 Å². The van der Waals surface area contributed by atoms with Gasteiger partial charge in [-0.15, -0.1) is 0 Å². The average molecular weight is 300 g/mol. The maximum Gasteiger partial charge on any atom is 0.243 e. The summed E-state index contributed by atoms with van der Waals surface area (Å²) in [5.41, 5.74) is 6.45. The zero-order valence-corrected chi connectivity index (χ0v) is 11.9. The molecule has 2 aliphatic rings. The number of aryl methyl sites for hydroxylation is 1. The molecule has 3 unspecified atom stereocenters. The van der Waals surface area contributed by atoms with Gasteiger partial charge in [-0.1, -0.05) is 0 Å². The molecule has 0 aromatic heterocycles. The first-order valence-corrected chi connectivity index (χ1v) is 8.08. The normalized spacial score (nSPS) is 29.0. The van der Waals surface area contributed by atoms with Crippen molar-refractivity contribution in [2.75, 3.05) is 5.73 Å². The Labute approximate surface area is 117 Å². The Morgan fingerprint density at radius 2 is 2.15 bits per heavy atom. The first-order valence-electron chi connectivity index (χ1n) is 6.60. The number of nitrogens with two attached hydrogens (primary N) is 1. The van der Waals surface area contributed by atoms with E-state index in [0.717, 1.165) is 18.9 Å². The fraction of sp³-hybridized carbons (Fsp3) is 0.538. The summed E-state index contributed by atoms with van der Waals surface area (Å²) in [6.45, 7) is 1.63. The lowest BCUT2D eigenvalue weighted by molar-refractivity contribution is 0.0996. The van der Waals surface area contributed by atoms with Crippen LogP contribution in [0.4, 0.5) is 10.1 Å². The van der Waals surface area contributed by atoms with Gasteiger partial charge in [-0.3, -0.25) is 0 Å². The maximum atomic E-state index is 13.9. The van der Waals surface area contributed by atoms with Gasteiger partial charge in [0.1, 0.15) is 10.7 Å². The predicted octanol–water partition coefficient (Wildman–Crippen LogP) is 1.31. The van der Waals surface area contributed by atoms with Crippen molar-refractivity contribution < 1.29 is 17.5 Å². The molecule has 0 saturated carbocycles. The summed E-state index contributed by atoms with van der Waals surface area (Å²) in [6, 6.07) is 2.03. The Bertz CT molecular complexity index is 647. The van der Waals surface area contributed by atoms with Gasteiger partial charge in [0.2, 0.25) is 10.0 Å². The molecule has 2 fully saturated rings. The van der Waals surface area contributed by atoms with E-state index in [0.29, 0.717) is 12.0 Å². The van der Waals surface area contributed by atoms with Crippen LogP contribution in [0.25, 0.3) is 0 Å². The van der Waals surface area contributed by atoms with Gasteiger partial charge in [0, 0.05) is 5.69 Å². The van der Waals surface area contributed by atoms with E-state index in [1.807, 2.05) is 0 Å². The Hall–Kier alpha value is -1.18. The molecule has 0 radical (unpaired) electrons. The van der Waals surface area contributed by atoms with Gasteiger partial charge < -0.3 is 10.5 Å². The van der Waals surface area contributed by atoms with Crippen LogP contribution in [-0.4, -0.2) is 26.7 Å². The number of hydrogen-bond acceptors (Lipinski definition) is 4. The van der Waals surface area contributed by atoms with E-state index < -0.39 is 20.7 Å². The molecule has 3 N–H and O–H groups in total. The van der Waals surface area contributed by atoms with Crippen LogP contribution in [0, 0.1) is 12.7 Å². The lowest BCUT2D eigenvalue weighted by atomic mass is 9.96. The van der Waals surface area contributed by atoms with E-state index in [2.05, 4.69) is 4.72 Å². The van der Waals surface area contributed by atoms with Gasteiger partial charge in [-0.25, -0.2) is 17.5 Å². The quantitative estimate of drug-likeness (QED) is 0.825. The molecule has 1 aromatic rings. The molecule has 0 amide bonds. The summed E-state index contributed by atoms with van der Waals surface area (Å²) in [5, 5.41) is 0. The maximum absolute atomic E-state index is 13.9. The molecule has 7 heteroatoms. The summed E-state index contributed by atoms with van der Waals surface area (Å²) in [7, 11) is -3.92. The van der Waals surface area contributed by atoms with Crippen molar-refractivity contribution in [3.63, 3.8) is 0 Å². The highest BCUT2D eigenvalue weighted by Crippen LogP contribution is 2.35. The third-order valence-electron chi connectivity index (χ3n) is 4.02. The lowest BCUT2D eigenvalue weighted by Gasteiger charge is -2.20. The van der Waals surface area contributed by atoms with Crippen LogP contribution in [0.2, 0.25) is 0 Å². The molecule has 1 aromatic carbocycles. The molecule has 2 heterocycles. The molecule has 3 rings (SSSR count). The topological polar surface area (TPSA) is 81.4 Å². The monoisotopic (exact) mass is 300 g/mol. The van der Waals surface area contributed by atoms with Crippen molar-refractivity contribution in [3.8, 4) is 0 Å². The summed E-state index contributed by atoms with van der Waals surface area (Å²) < 4.78 is 46.6. The fourth-order valence-corrected chi connectivity index (χ4v) is 4.27. The number of ether oxygens (including phenoxy) is 1. The minimum atomic E-state index is -3.92. The van der Waals surface area contributed by atoms with Crippen molar-refractivity contribution in [1.29, 1.82) is 0 Å². The molecule has 2 bridgehead atoms. The van der Waals surface area contributed by atoms with Crippen molar-refractivity contribution >= 4 is 15.7 Å². The second-order valence-corrected chi connectivity index (χ2v) is 7.16. The zero-order chi connectivity index (χ0) is 14.5. The third-order valence-corrected chi connectivity index (χ3v) is 5.53. The molecular formula is C13H17FN2O3S. The number of nitrogens with one attached hydrogen (secondary N) is 1. The van der Waals surface area contributed by atoms with E-state index in [9.17, 15) is 12.8 Å². The van der Waals surface area contributed by atoms with Crippen LogP contribution in [0.5, 0.6) is 0 Å². The number of sulfonamides is 1. The molecule has 3 atom stereocenters. The first-order chi connectivity index (χ1) is 9.37. The molecule has 20 heavy (non-hydrogen) atoms. The number of rotatable bonds is 3. The van der Waals surface area contributed by atoms with Gasteiger partial charge in [-0.2, -0.15) is 0 Å². The summed E-state index contributed by atoms with van der Waals surface area (Å²) in [5.74, 6) is -0.784. The number of benzene rings is 1. The Morgan fingerprint density at radius 1 is 1.40 bits per heavy atom. The van der Waals surface area contributed by atoms with Crippen LogP contribution in [-0.2, 0) is 14.8 Å². The SMILES string of the molecule is Cc1cc(F)c(S(=O)(=O)NC2CC3CCC2O3)cc1N. The highest BCUT2D eigenvalue weighted by molar-refractivity contribution is 7.89. The number of nitrogen functional groups attached to an aromatic ring is 1. The van der Waals surface area contributed by atoms with Gasteiger partial charge in [-0.05, 0) is 43.9 Å². The third kappa shape index (κ3) is 2.30. The standard InChI is InChI=1S/C13H17FN2O3S/c1-7-4-9(14)13(6-10(7)15)20(17,18)16-11-5-8-2-3-12(11)19-8/h4,6,8,11-12,16H,2-3,5,15H2,1H3. The Morgan fingerprint density at radius 3 is 2.75 bits per heavy atom. The minimum Gasteiger partial charge on any atom is -0.398 e. The average Bonchev–Trinajstić information content (AvgIpc) is 2.95. The van der Waals surface area contributed by atoms with Crippen LogP contribution >= 0.6 is 0 Å². The molecular weight excluding hydrogens is 283 g/mol. The molecule has 0 spiro atoms. The highest BCUT2D eigenvalue weighted by Gasteiger charge is 2.42. The van der Waals surface area contributed by atoms with Crippen molar-refractivity contribution in [1.82, 2.24) is 4.72 Å². The Kier molecular flexibility index (Phi) is 3.23. The molecule has 5 nitrogen and oxygen atoms in total. The number of fused-ring (bicyclic) bond motifs is 2. The summed E-state index contributed by atoms with van der Waals surface area (Å²) >= 11 is 0. The smallest absolute Gasteiger partial charge is 0.243 e. The second kappa shape index (κ2) is 4.68. The van der Waals surface area contributed by atoms with Gasteiger partial charge in [0.15, 0.2) is 0 Å². The van der Waals surface area contributed by atoms with Gasteiger partial charge in [0.05, 0.1) is 18.2 Å². The van der Waals surface area contributed by atoms with Gasteiger partial charge >= 0.3 is 0 Å². The van der Waals surface area contributed by atoms with E-state index in [4.69, 9.17) is 10.5 Å². The molecule has 110 valence electrons. The van der Waals surface area contributed by atoms with E-state index in [1.165, 1.54) is 6.07 Å². The fourth-order valence-electron chi connectivity index (χ4n) is 2.90. The zero-order valence-electron chi connectivity index (χ0n) is 11.1. The Balaban J connectivity index is 1.87. The minimum absolute atomic E-state index is 0.0966. The first kappa shape index (κ1) is 13.8. The highest BCUT2D eigenvalue weighted by atomic mass is 32.2. The van der Waals surface area contributed by atoms with Crippen molar-refractivity contribution in [2.24, 2.45) is 0 Å². The summed E-state index contributed by atoms with van der Waals surface area (Å²) in [6.07, 6.45) is 2.49. The lowest BCUT2D eigenvalue weighted by Crippen LogP contribution is -2.41. The molecule has 0 aliphatic carbocycles. The number of hydrogen-bond donors (Lipinski definition) is 2. The van der Waals surface area contributed by atoms with Crippen LogP contribution in [0.1, 0.15) is 24.8 Å². The van der Waals surface area contributed by atoms with E-state index in [1.54, 1.807) is 6.92 Å². The molecule has 2 aliphatic heterocycles. The van der Waals surface area contributed by atoms with Crippen LogP contribution in [0.3, 0.4) is 0 Å². The predicted molar refractivity (Wildman–Crippen MR) is 72.2 cm³/mol. The van der Waals surface area contributed by atoms with E-state index >= 15 is 0 Å². The van der Waals surface area contributed by atoms with Crippen molar-refractivity contribution in [2.45, 2.75) is 49.3 Å². The number of halogens is 1. The summed E-state index contributed by atoms with van der Waals surface area (Å²) in [4.78, 5) is -0.400. The number of anilines is 1. The van der Waals surface area contributed by atoms with E-state index in [-0.39, 0.29) is 23.9 Å². The van der Waals surface area contributed by atoms with Crippen LogP contribution < -0.4 is 10.5 Å². The molecule has 2 saturated heterocycles. The second-order valence-electron chi connectivity index (χ2n) is 5.48. The largest absolute Gasteiger partial charge is 0.398 e. The van der Waals surface area contributed by atoms with Crippen molar-refractivity contribution in [3.05, 3.63) is 23.5 Å². The van der Waals surface area contributed by atoms with Crippen LogP contribution in [0.15, 0.2) is 17.0 Å².